The van der Waals surface area contributed by atoms with Crippen molar-refractivity contribution in [2.24, 2.45) is 5.73 Å². The van der Waals surface area contributed by atoms with E-state index in [0.29, 0.717) is 24.9 Å². The van der Waals surface area contributed by atoms with Gasteiger partial charge in [0.25, 0.3) is 0 Å². The maximum absolute atomic E-state index is 5.85. The lowest BCUT2D eigenvalue weighted by Crippen LogP contribution is -2.41. The summed E-state index contributed by atoms with van der Waals surface area (Å²) in [4.78, 5) is 2.20. The van der Waals surface area contributed by atoms with Crippen LogP contribution in [-0.2, 0) is 0 Å². The van der Waals surface area contributed by atoms with Crippen molar-refractivity contribution in [1.29, 1.82) is 0 Å². The Balaban J connectivity index is 2.30. The topological polar surface area (TPSA) is 64.5 Å². The Morgan fingerprint density at radius 3 is 3.07 bits per heavy atom. The molecular weight excluding hydrogens is 190 g/mol. The molecule has 82 valence electrons. The van der Waals surface area contributed by atoms with Crippen LogP contribution in [-0.4, -0.2) is 26.2 Å². The number of fused-ring (bicyclic) bond motifs is 1. The summed E-state index contributed by atoms with van der Waals surface area (Å²) in [7, 11) is 2.06. The third kappa shape index (κ3) is 1.72. The number of nitrogen functional groups attached to an aromatic ring is 1. The predicted octanol–water partition coefficient (Wildman–Crippen LogP) is 0.815. The summed E-state index contributed by atoms with van der Waals surface area (Å²) < 4.78 is 5.67. The van der Waals surface area contributed by atoms with E-state index < -0.39 is 0 Å². The molecule has 2 rings (SSSR count). The van der Waals surface area contributed by atoms with Crippen molar-refractivity contribution < 1.29 is 4.74 Å². The zero-order valence-corrected chi connectivity index (χ0v) is 8.94. The molecule has 0 fully saturated rings. The zero-order valence-electron chi connectivity index (χ0n) is 8.94. The molecule has 0 saturated carbocycles. The number of likely N-dealkylation sites (N-methyl/N-ethyl adjacent to an activating group) is 1. The summed E-state index contributed by atoms with van der Waals surface area (Å²) in [6.45, 7) is 1.34. The van der Waals surface area contributed by atoms with Gasteiger partial charge < -0.3 is 21.1 Å². The summed E-state index contributed by atoms with van der Waals surface area (Å²) in [6.07, 6.45) is 0.935. The van der Waals surface area contributed by atoms with Crippen LogP contribution in [0.25, 0.3) is 0 Å². The largest absolute Gasteiger partial charge is 0.487 e. The Labute approximate surface area is 89.8 Å². The number of anilines is 2. The minimum absolute atomic E-state index is 0.351. The van der Waals surface area contributed by atoms with Gasteiger partial charge in [-0.25, -0.2) is 0 Å². The van der Waals surface area contributed by atoms with Crippen LogP contribution in [0, 0.1) is 0 Å². The van der Waals surface area contributed by atoms with E-state index in [1.165, 1.54) is 0 Å². The third-order valence-electron chi connectivity index (χ3n) is 2.87. The van der Waals surface area contributed by atoms with Crippen LogP contribution in [0.15, 0.2) is 18.2 Å². The number of rotatable bonds is 2. The number of nitrogens with two attached hydrogens (primary N) is 2. The van der Waals surface area contributed by atoms with Crippen LogP contribution < -0.4 is 21.1 Å². The fourth-order valence-electron chi connectivity index (χ4n) is 1.93. The first kappa shape index (κ1) is 10.1. The van der Waals surface area contributed by atoms with Crippen molar-refractivity contribution in [3.8, 4) is 5.75 Å². The minimum atomic E-state index is 0.351. The summed E-state index contributed by atoms with van der Waals surface area (Å²) in [5.41, 5.74) is 13.2. The van der Waals surface area contributed by atoms with E-state index in [9.17, 15) is 0 Å². The third-order valence-corrected chi connectivity index (χ3v) is 2.87. The van der Waals surface area contributed by atoms with E-state index in [2.05, 4.69) is 11.9 Å². The average Bonchev–Trinajstić information content (AvgIpc) is 2.23. The second-order valence-electron chi connectivity index (χ2n) is 3.85. The Hall–Kier alpha value is -1.42. The molecule has 0 spiro atoms. The summed E-state index contributed by atoms with van der Waals surface area (Å²) in [5.74, 6) is 0.799. The van der Waals surface area contributed by atoms with Gasteiger partial charge in [0.1, 0.15) is 6.61 Å². The average molecular weight is 207 g/mol. The molecular formula is C11H17N3O. The van der Waals surface area contributed by atoms with E-state index in [-0.39, 0.29) is 0 Å². The number of para-hydroxylation sites is 1. The van der Waals surface area contributed by atoms with E-state index in [0.717, 1.165) is 17.9 Å². The van der Waals surface area contributed by atoms with Crippen LogP contribution >= 0.6 is 0 Å². The van der Waals surface area contributed by atoms with Crippen molar-refractivity contribution in [2.45, 2.75) is 12.5 Å². The summed E-state index contributed by atoms with van der Waals surface area (Å²) in [6, 6.07) is 6.17. The maximum atomic E-state index is 5.85. The van der Waals surface area contributed by atoms with Crippen molar-refractivity contribution in [1.82, 2.24) is 0 Å². The van der Waals surface area contributed by atoms with Crippen molar-refractivity contribution in [3.63, 3.8) is 0 Å². The van der Waals surface area contributed by atoms with E-state index in [1.807, 2.05) is 18.2 Å². The molecule has 1 aromatic carbocycles. The molecule has 15 heavy (non-hydrogen) atoms. The molecule has 1 unspecified atom stereocenters. The first-order valence-corrected chi connectivity index (χ1v) is 5.18. The molecule has 0 aromatic heterocycles. The van der Waals surface area contributed by atoms with E-state index in [1.54, 1.807) is 0 Å². The molecule has 1 aliphatic rings. The van der Waals surface area contributed by atoms with Gasteiger partial charge in [-0.05, 0) is 25.1 Å². The highest BCUT2D eigenvalue weighted by molar-refractivity contribution is 5.71. The van der Waals surface area contributed by atoms with Gasteiger partial charge in [0.2, 0.25) is 0 Å². The SMILES string of the molecule is CN1c2cccc(N)c2OCC1CCN. The van der Waals surface area contributed by atoms with Crippen LogP contribution in [0.2, 0.25) is 0 Å². The van der Waals surface area contributed by atoms with E-state index >= 15 is 0 Å². The number of hydrogen-bond acceptors (Lipinski definition) is 4. The van der Waals surface area contributed by atoms with Gasteiger partial charge in [-0.2, -0.15) is 0 Å². The van der Waals surface area contributed by atoms with Crippen LogP contribution in [0.5, 0.6) is 5.75 Å². The van der Waals surface area contributed by atoms with Gasteiger partial charge >= 0.3 is 0 Å². The second kappa shape index (κ2) is 3.98. The molecule has 1 aliphatic heterocycles. The quantitative estimate of drug-likeness (QED) is 0.704. The Kier molecular flexibility index (Phi) is 2.68. The number of hydrogen-bond donors (Lipinski definition) is 2. The highest BCUT2D eigenvalue weighted by atomic mass is 16.5. The molecule has 0 saturated heterocycles. The van der Waals surface area contributed by atoms with Crippen molar-refractivity contribution in [2.75, 3.05) is 30.8 Å². The molecule has 1 atom stereocenters. The molecule has 1 aromatic rings. The van der Waals surface area contributed by atoms with Crippen LogP contribution in [0.1, 0.15) is 6.42 Å². The van der Waals surface area contributed by atoms with Gasteiger partial charge in [-0.1, -0.05) is 6.07 Å². The molecule has 0 amide bonds. The first-order valence-electron chi connectivity index (χ1n) is 5.18. The lowest BCUT2D eigenvalue weighted by molar-refractivity contribution is 0.263. The normalized spacial score (nSPS) is 19.6. The van der Waals surface area contributed by atoms with Crippen molar-refractivity contribution >= 4 is 11.4 Å². The maximum Gasteiger partial charge on any atom is 0.165 e. The molecule has 1 heterocycles. The Morgan fingerprint density at radius 2 is 2.33 bits per heavy atom. The lowest BCUT2D eigenvalue weighted by atomic mass is 10.1. The Bertz CT molecular complexity index is 354. The van der Waals surface area contributed by atoms with Crippen LogP contribution in [0.4, 0.5) is 11.4 Å². The first-order chi connectivity index (χ1) is 7.24. The highest BCUT2D eigenvalue weighted by Crippen LogP contribution is 2.37. The highest BCUT2D eigenvalue weighted by Gasteiger charge is 2.24. The molecule has 4 heteroatoms. The molecule has 0 aliphatic carbocycles. The fourth-order valence-corrected chi connectivity index (χ4v) is 1.93. The molecule has 0 bridgehead atoms. The fraction of sp³-hybridized carbons (Fsp3) is 0.455. The summed E-state index contributed by atoms with van der Waals surface area (Å²) in [5, 5.41) is 0. The summed E-state index contributed by atoms with van der Waals surface area (Å²) >= 11 is 0. The number of ether oxygens (including phenoxy) is 1. The minimum Gasteiger partial charge on any atom is -0.487 e. The second-order valence-corrected chi connectivity index (χ2v) is 3.85. The zero-order chi connectivity index (χ0) is 10.8. The number of benzene rings is 1. The Morgan fingerprint density at radius 1 is 1.53 bits per heavy atom. The van der Waals surface area contributed by atoms with Gasteiger partial charge in [0, 0.05) is 7.05 Å². The number of nitrogens with zero attached hydrogens (tertiary/aromatic N) is 1. The molecule has 4 N–H and O–H groups in total. The van der Waals surface area contributed by atoms with Crippen molar-refractivity contribution in [3.05, 3.63) is 18.2 Å². The van der Waals surface area contributed by atoms with E-state index in [4.69, 9.17) is 16.2 Å². The molecule has 4 nitrogen and oxygen atoms in total. The standard InChI is InChI=1S/C11H17N3O/c1-14-8(5-6-12)7-15-11-9(13)3-2-4-10(11)14/h2-4,8H,5-7,12-13H2,1H3. The van der Waals surface area contributed by atoms with Gasteiger partial charge in [0.15, 0.2) is 5.75 Å². The monoisotopic (exact) mass is 207 g/mol. The van der Waals surface area contributed by atoms with Gasteiger partial charge in [0.05, 0.1) is 17.4 Å². The lowest BCUT2D eigenvalue weighted by Gasteiger charge is -2.36. The molecule has 0 radical (unpaired) electrons. The van der Waals surface area contributed by atoms with Gasteiger partial charge in [-0.15, -0.1) is 0 Å². The predicted molar refractivity (Wildman–Crippen MR) is 62.2 cm³/mol. The van der Waals surface area contributed by atoms with Crippen LogP contribution in [0.3, 0.4) is 0 Å². The smallest absolute Gasteiger partial charge is 0.165 e. The van der Waals surface area contributed by atoms with Gasteiger partial charge in [-0.3, -0.25) is 0 Å².